The highest BCUT2D eigenvalue weighted by molar-refractivity contribution is 6.08. The third-order valence-electron chi connectivity index (χ3n) is 6.81. The molecule has 7 heteroatoms. The van der Waals surface area contributed by atoms with Crippen molar-refractivity contribution in [2.45, 2.75) is 77.5 Å². The molecule has 0 spiro atoms. The van der Waals surface area contributed by atoms with Crippen LogP contribution in [0.3, 0.4) is 0 Å². The van der Waals surface area contributed by atoms with Crippen LogP contribution in [0.4, 0.5) is 4.79 Å². The average Bonchev–Trinajstić information content (AvgIpc) is 3.43. The van der Waals surface area contributed by atoms with Crippen molar-refractivity contribution < 1.29 is 14.3 Å². The average molecular weight is 449 g/mol. The Labute approximate surface area is 194 Å². The first-order chi connectivity index (χ1) is 15.6. The van der Waals surface area contributed by atoms with Gasteiger partial charge in [-0.1, -0.05) is 18.2 Å². The maximum Gasteiger partial charge on any atom is 0.435 e. The fourth-order valence-electron chi connectivity index (χ4n) is 5.03. The predicted molar refractivity (Wildman–Crippen MR) is 127 cm³/mol. The van der Waals surface area contributed by atoms with Crippen LogP contribution in [0.1, 0.15) is 67.3 Å². The van der Waals surface area contributed by atoms with Gasteiger partial charge < -0.3 is 14.2 Å². The molecule has 2 heterocycles. The standard InChI is InChI=1S/C26H32N4O3/c1-16-23(20-8-6-7-9-22(20)28(16)5)24(31)30(18-10-11-18)19-12-13-21-17(14-19)15-29(27-21)25(32)33-26(2,3)4/h6-9,15,18-19H,10-14H2,1-5H3. The van der Waals surface area contributed by atoms with Crippen molar-refractivity contribution in [1.82, 2.24) is 19.2 Å². The molecule has 2 aliphatic rings. The maximum absolute atomic E-state index is 14.0. The summed E-state index contributed by atoms with van der Waals surface area (Å²) in [6, 6.07) is 8.52. The molecule has 1 fully saturated rings. The molecule has 0 aliphatic heterocycles. The second-order valence-electron chi connectivity index (χ2n) is 10.4. The Balaban J connectivity index is 1.43. The van der Waals surface area contributed by atoms with Crippen LogP contribution >= 0.6 is 0 Å². The number of aromatic nitrogens is 3. The summed E-state index contributed by atoms with van der Waals surface area (Å²) >= 11 is 0. The lowest BCUT2D eigenvalue weighted by Crippen LogP contribution is -2.45. The van der Waals surface area contributed by atoms with Crippen molar-refractivity contribution >= 4 is 22.9 Å². The van der Waals surface area contributed by atoms with Crippen LogP contribution in [-0.2, 0) is 24.6 Å². The fraction of sp³-hybridized carbons (Fsp3) is 0.500. The van der Waals surface area contributed by atoms with E-state index in [1.54, 1.807) is 6.20 Å². The Hall–Kier alpha value is -3.09. The van der Waals surface area contributed by atoms with Gasteiger partial charge in [-0.15, -0.1) is 0 Å². The number of ether oxygens (including phenoxy) is 1. The molecular weight excluding hydrogens is 416 g/mol. The molecule has 174 valence electrons. The molecular formula is C26H32N4O3. The lowest BCUT2D eigenvalue weighted by Gasteiger charge is -2.34. The molecule has 5 rings (SSSR count). The lowest BCUT2D eigenvalue weighted by molar-refractivity contribution is 0.0513. The van der Waals surface area contributed by atoms with E-state index in [4.69, 9.17) is 4.74 Å². The number of amides is 1. The topological polar surface area (TPSA) is 69.4 Å². The van der Waals surface area contributed by atoms with Gasteiger partial charge in [-0.05, 0) is 71.4 Å². The summed E-state index contributed by atoms with van der Waals surface area (Å²) in [5.74, 6) is 0.125. The minimum atomic E-state index is -0.572. The molecule has 0 radical (unpaired) electrons. The number of hydrogen-bond acceptors (Lipinski definition) is 4. The van der Waals surface area contributed by atoms with Gasteiger partial charge in [0.2, 0.25) is 0 Å². The van der Waals surface area contributed by atoms with Crippen molar-refractivity contribution in [3.63, 3.8) is 0 Å². The van der Waals surface area contributed by atoms with E-state index in [1.807, 2.05) is 52.9 Å². The van der Waals surface area contributed by atoms with Crippen LogP contribution in [0.25, 0.3) is 10.9 Å². The summed E-state index contributed by atoms with van der Waals surface area (Å²) in [4.78, 5) is 28.6. The number of fused-ring (bicyclic) bond motifs is 2. The smallest absolute Gasteiger partial charge is 0.435 e. The number of carbonyl (C=O) groups is 2. The van der Waals surface area contributed by atoms with Crippen LogP contribution in [-0.4, -0.2) is 48.9 Å². The quantitative estimate of drug-likeness (QED) is 0.586. The van der Waals surface area contributed by atoms with Crippen LogP contribution in [0.15, 0.2) is 30.5 Å². The molecule has 7 nitrogen and oxygen atoms in total. The van der Waals surface area contributed by atoms with Gasteiger partial charge in [0.15, 0.2) is 0 Å². The number of nitrogens with zero attached hydrogens (tertiary/aromatic N) is 4. The number of rotatable bonds is 3. The highest BCUT2D eigenvalue weighted by Gasteiger charge is 2.41. The second-order valence-corrected chi connectivity index (χ2v) is 10.4. The zero-order chi connectivity index (χ0) is 23.5. The molecule has 2 aliphatic carbocycles. The Kier molecular flexibility index (Phi) is 5.10. The molecule has 0 N–H and O–H groups in total. The highest BCUT2D eigenvalue weighted by atomic mass is 16.6. The number of hydrogen-bond donors (Lipinski definition) is 0. The van der Waals surface area contributed by atoms with Crippen LogP contribution < -0.4 is 0 Å². The minimum absolute atomic E-state index is 0.104. The Bertz CT molecular complexity index is 1240. The Morgan fingerprint density at radius 2 is 1.85 bits per heavy atom. The molecule has 1 atom stereocenters. The number of aryl methyl sites for hydroxylation is 2. The zero-order valence-electron chi connectivity index (χ0n) is 20.1. The minimum Gasteiger partial charge on any atom is -0.442 e. The van der Waals surface area contributed by atoms with Gasteiger partial charge in [0, 0.05) is 41.9 Å². The second kappa shape index (κ2) is 7.75. The molecule has 33 heavy (non-hydrogen) atoms. The van der Waals surface area contributed by atoms with E-state index in [1.165, 1.54) is 4.68 Å². The first-order valence-electron chi connectivity index (χ1n) is 11.8. The third kappa shape index (κ3) is 3.94. The molecule has 1 saturated carbocycles. The summed E-state index contributed by atoms with van der Waals surface area (Å²) in [6.45, 7) is 7.57. The van der Waals surface area contributed by atoms with E-state index in [0.717, 1.165) is 59.1 Å². The van der Waals surface area contributed by atoms with Crippen LogP contribution in [0, 0.1) is 6.92 Å². The van der Waals surface area contributed by atoms with Gasteiger partial charge in [-0.25, -0.2) is 4.79 Å². The van der Waals surface area contributed by atoms with E-state index in [2.05, 4.69) is 20.6 Å². The molecule has 2 aromatic heterocycles. The van der Waals surface area contributed by atoms with Gasteiger partial charge >= 0.3 is 6.09 Å². The monoisotopic (exact) mass is 448 g/mol. The van der Waals surface area contributed by atoms with Crippen molar-refractivity contribution in [3.8, 4) is 0 Å². The summed E-state index contributed by atoms with van der Waals surface area (Å²) in [6.07, 6.45) is 5.74. The summed E-state index contributed by atoms with van der Waals surface area (Å²) in [5.41, 5.74) is 4.29. The molecule has 0 saturated heterocycles. The fourth-order valence-corrected chi connectivity index (χ4v) is 5.03. The van der Waals surface area contributed by atoms with E-state index < -0.39 is 11.7 Å². The number of carbonyl (C=O) groups excluding carboxylic acids is 2. The first kappa shape index (κ1) is 21.7. The zero-order valence-corrected chi connectivity index (χ0v) is 20.1. The van der Waals surface area contributed by atoms with Crippen molar-refractivity contribution in [3.05, 3.63) is 53.0 Å². The van der Waals surface area contributed by atoms with Crippen molar-refractivity contribution in [1.29, 1.82) is 0 Å². The van der Waals surface area contributed by atoms with E-state index >= 15 is 0 Å². The normalized spacial score (nSPS) is 18.3. The number of para-hydroxylation sites is 1. The van der Waals surface area contributed by atoms with Gasteiger partial charge in [0.25, 0.3) is 5.91 Å². The SMILES string of the molecule is Cc1c(C(=O)N(C2CC2)C2CCc3nn(C(=O)OC(C)(C)C)cc3C2)c2ccccc2n1C. The lowest BCUT2D eigenvalue weighted by atomic mass is 9.91. The maximum atomic E-state index is 14.0. The molecule has 1 aromatic carbocycles. The van der Waals surface area contributed by atoms with Crippen molar-refractivity contribution in [2.24, 2.45) is 7.05 Å². The van der Waals surface area contributed by atoms with E-state index in [0.29, 0.717) is 12.5 Å². The Morgan fingerprint density at radius 3 is 2.55 bits per heavy atom. The van der Waals surface area contributed by atoms with Crippen LogP contribution in [0.2, 0.25) is 0 Å². The Morgan fingerprint density at radius 1 is 1.12 bits per heavy atom. The molecule has 1 amide bonds. The molecule has 1 unspecified atom stereocenters. The summed E-state index contributed by atoms with van der Waals surface area (Å²) in [7, 11) is 2.02. The van der Waals surface area contributed by atoms with E-state index in [9.17, 15) is 9.59 Å². The molecule has 0 bridgehead atoms. The van der Waals surface area contributed by atoms with Crippen LogP contribution in [0.5, 0.6) is 0 Å². The highest BCUT2D eigenvalue weighted by Crippen LogP contribution is 2.37. The molecule has 3 aromatic rings. The van der Waals surface area contributed by atoms with Gasteiger partial charge in [0.05, 0.1) is 11.3 Å². The van der Waals surface area contributed by atoms with Crippen molar-refractivity contribution in [2.75, 3.05) is 0 Å². The van der Waals surface area contributed by atoms with Gasteiger partial charge in [-0.2, -0.15) is 9.78 Å². The van der Waals surface area contributed by atoms with Gasteiger partial charge in [0.1, 0.15) is 5.60 Å². The first-order valence-corrected chi connectivity index (χ1v) is 11.8. The number of benzene rings is 1. The third-order valence-corrected chi connectivity index (χ3v) is 6.81. The predicted octanol–water partition coefficient (Wildman–Crippen LogP) is 4.63. The van der Waals surface area contributed by atoms with Gasteiger partial charge in [-0.3, -0.25) is 4.79 Å². The summed E-state index contributed by atoms with van der Waals surface area (Å²) < 4.78 is 8.90. The van der Waals surface area contributed by atoms with E-state index in [-0.39, 0.29) is 11.9 Å². The summed E-state index contributed by atoms with van der Waals surface area (Å²) in [5, 5.41) is 5.50. The largest absolute Gasteiger partial charge is 0.442 e.